The molecule has 0 saturated heterocycles. The number of nitrogens with zero attached hydrogens (tertiary/aromatic N) is 3. The van der Waals surface area contributed by atoms with Crippen LogP contribution in [0.3, 0.4) is 0 Å². The van der Waals surface area contributed by atoms with Crippen LogP contribution < -0.4 is 5.32 Å². The van der Waals surface area contributed by atoms with Gasteiger partial charge in [0.15, 0.2) is 5.82 Å². The molecule has 0 aliphatic heterocycles. The molecule has 24 heavy (non-hydrogen) atoms. The average Bonchev–Trinajstić information content (AvgIpc) is 3.21. The molecule has 1 amide bonds. The van der Waals surface area contributed by atoms with Gasteiger partial charge in [-0.2, -0.15) is 5.10 Å². The summed E-state index contributed by atoms with van der Waals surface area (Å²) in [7, 11) is 0. The van der Waals surface area contributed by atoms with Gasteiger partial charge in [0.25, 0.3) is 5.91 Å². The molecule has 3 heterocycles. The molecule has 6 heteroatoms. The summed E-state index contributed by atoms with van der Waals surface area (Å²) in [5.74, 6) is 2.08. The van der Waals surface area contributed by atoms with E-state index in [9.17, 15) is 4.79 Å². The molecule has 0 radical (unpaired) electrons. The molecule has 0 aliphatic carbocycles. The van der Waals surface area contributed by atoms with Crippen molar-refractivity contribution in [3.05, 3.63) is 65.5 Å². The second kappa shape index (κ2) is 6.70. The van der Waals surface area contributed by atoms with Gasteiger partial charge in [0, 0.05) is 6.20 Å². The van der Waals surface area contributed by atoms with E-state index in [0.29, 0.717) is 17.8 Å². The predicted molar refractivity (Wildman–Crippen MR) is 90.1 cm³/mol. The molecule has 3 rings (SSSR count). The first-order valence-corrected chi connectivity index (χ1v) is 7.95. The van der Waals surface area contributed by atoms with Crippen molar-refractivity contribution in [2.24, 2.45) is 0 Å². The van der Waals surface area contributed by atoms with E-state index in [-0.39, 0.29) is 11.9 Å². The van der Waals surface area contributed by atoms with Crippen LogP contribution in [0.4, 0.5) is 0 Å². The molecule has 1 atom stereocenters. The molecule has 0 fully saturated rings. The van der Waals surface area contributed by atoms with Crippen LogP contribution in [0.25, 0.3) is 5.82 Å². The van der Waals surface area contributed by atoms with Crippen LogP contribution in [0.1, 0.15) is 47.5 Å². The largest absolute Gasteiger partial charge is 0.464 e. The summed E-state index contributed by atoms with van der Waals surface area (Å²) in [6.07, 6.45) is 3.97. The summed E-state index contributed by atoms with van der Waals surface area (Å²) in [6.45, 7) is 5.77. The summed E-state index contributed by atoms with van der Waals surface area (Å²) >= 11 is 0. The number of aryl methyl sites for hydroxylation is 1. The van der Waals surface area contributed by atoms with Gasteiger partial charge < -0.3 is 9.73 Å². The van der Waals surface area contributed by atoms with Gasteiger partial charge in [-0.1, -0.05) is 13.0 Å². The predicted octanol–water partition coefficient (Wildman–Crippen LogP) is 3.22. The maximum Gasteiger partial charge on any atom is 0.255 e. The second-order valence-corrected chi connectivity index (χ2v) is 5.60. The van der Waals surface area contributed by atoms with Gasteiger partial charge in [0.2, 0.25) is 0 Å². The monoisotopic (exact) mass is 324 g/mol. The fraction of sp³-hybridized carbons (Fsp3) is 0.278. The topological polar surface area (TPSA) is 73.0 Å². The Labute approximate surface area is 140 Å². The summed E-state index contributed by atoms with van der Waals surface area (Å²) in [6, 6.07) is 9.15. The number of aromatic nitrogens is 3. The smallest absolute Gasteiger partial charge is 0.255 e. The van der Waals surface area contributed by atoms with Crippen molar-refractivity contribution in [2.45, 2.75) is 33.2 Å². The van der Waals surface area contributed by atoms with Crippen LogP contribution in [0.2, 0.25) is 0 Å². The van der Waals surface area contributed by atoms with Crippen molar-refractivity contribution in [3.63, 3.8) is 0 Å². The minimum atomic E-state index is -0.214. The second-order valence-electron chi connectivity index (χ2n) is 5.60. The van der Waals surface area contributed by atoms with Crippen LogP contribution in [0.5, 0.6) is 0 Å². The van der Waals surface area contributed by atoms with E-state index >= 15 is 0 Å². The van der Waals surface area contributed by atoms with Gasteiger partial charge in [-0.3, -0.25) is 4.79 Å². The van der Waals surface area contributed by atoms with Gasteiger partial charge in [0.1, 0.15) is 11.5 Å². The number of pyridine rings is 1. The Morgan fingerprint density at radius 1 is 1.33 bits per heavy atom. The van der Waals surface area contributed by atoms with Gasteiger partial charge >= 0.3 is 0 Å². The highest BCUT2D eigenvalue weighted by atomic mass is 16.3. The van der Waals surface area contributed by atoms with Gasteiger partial charge in [-0.05, 0) is 44.5 Å². The Morgan fingerprint density at radius 3 is 2.79 bits per heavy atom. The Hall–Kier alpha value is -2.89. The van der Waals surface area contributed by atoms with Gasteiger partial charge in [-0.25, -0.2) is 9.67 Å². The SMILES string of the molecule is CCc1c(C(=O)N[C@H](C)c2ccc(C)o2)cnn1-c1ccccn1. The molecule has 0 bridgehead atoms. The lowest BCUT2D eigenvalue weighted by Crippen LogP contribution is -2.27. The number of nitrogens with one attached hydrogen (secondary N) is 1. The number of hydrogen-bond acceptors (Lipinski definition) is 4. The van der Waals surface area contributed by atoms with Crippen molar-refractivity contribution in [1.82, 2.24) is 20.1 Å². The van der Waals surface area contributed by atoms with Gasteiger partial charge in [-0.15, -0.1) is 0 Å². The maximum absolute atomic E-state index is 12.6. The van der Waals surface area contributed by atoms with Crippen molar-refractivity contribution < 1.29 is 9.21 Å². The third kappa shape index (κ3) is 3.08. The summed E-state index contributed by atoms with van der Waals surface area (Å²) in [4.78, 5) is 16.9. The zero-order valence-electron chi connectivity index (χ0n) is 14.0. The summed E-state index contributed by atoms with van der Waals surface area (Å²) < 4.78 is 7.27. The first-order chi connectivity index (χ1) is 11.6. The normalized spacial score (nSPS) is 12.1. The lowest BCUT2D eigenvalue weighted by Gasteiger charge is -2.12. The van der Waals surface area contributed by atoms with Crippen molar-refractivity contribution >= 4 is 5.91 Å². The van der Waals surface area contributed by atoms with Crippen LogP contribution >= 0.6 is 0 Å². The molecule has 0 saturated carbocycles. The number of amides is 1. The zero-order chi connectivity index (χ0) is 17.1. The summed E-state index contributed by atoms with van der Waals surface area (Å²) in [5, 5.41) is 7.29. The Kier molecular flexibility index (Phi) is 4.46. The van der Waals surface area contributed by atoms with E-state index in [1.165, 1.54) is 0 Å². The number of carbonyl (C=O) groups is 1. The first-order valence-electron chi connectivity index (χ1n) is 7.95. The van der Waals surface area contributed by atoms with Crippen molar-refractivity contribution in [2.75, 3.05) is 0 Å². The van der Waals surface area contributed by atoms with Crippen LogP contribution in [0, 0.1) is 6.92 Å². The van der Waals surface area contributed by atoms with Gasteiger partial charge in [0.05, 0.1) is 23.5 Å². The molecule has 0 aliphatic rings. The Morgan fingerprint density at radius 2 is 2.17 bits per heavy atom. The standard InChI is InChI=1S/C18H20N4O2/c1-4-15-14(11-20-22(15)17-7-5-6-10-19-17)18(23)21-13(3)16-9-8-12(2)24-16/h5-11,13H,4H2,1-3H3,(H,21,23)/t13-/m1/s1. The summed E-state index contributed by atoms with van der Waals surface area (Å²) in [5.41, 5.74) is 1.38. The number of furan rings is 1. The molecule has 124 valence electrons. The lowest BCUT2D eigenvalue weighted by molar-refractivity contribution is 0.0934. The molecule has 6 nitrogen and oxygen atoms in total. The number of rotatable bonds is 5. The van der Waals surface area contributed by atoms with E-state index in [0.717, 1.165) is 17.2 Å². The minimum Gasteiger partial charge on any atom is -0.464 e. The van der Waals surface area contributed by atoms with E-state index in [4.69, 9.17) is 4.42 Å². The number of hydrogen-bond donors (Lipinski definition) is 1. The zero-order valence-corrected chi connectivity index (χ0v) is 14.0. The fourth-order valence-corrected chi connectivity index (χ4v) is 2.61. The molecular weight excluding hydrogens is 304 g/mol. The molecule has 3 aromatic heterocycles. The third-order valence-corrected chi connectivity index (χ3v) is 3.85. The van der Waals surface area contributed by atoms with E-state index in [1.54, 1.807) is 17.1 Å². The van der Waals surface area contributed by atoms with Crippen molar-refractivity contribution in [1.29, 1.82) is 0 Å². The minimum absolute atomic E-state index is 0.171. The van der Waals surface area contributed by atoms with E-state index in [2.05, 4.69) is 15.4 Å². The maximum atomic E-state index is 12.6. The quantitative estimate of drug-likeness (QED) is 0.782. The highest BCUT2D eigenvalue weighted by Gasteiger charge is 2.20. The number of carbonyl (C=O) groups excluding carboxylic acids is 1. The van der Waals surface area contributed by atoms with E-state index in [1.807, 2.05) is 51.1 Å². The molecule has 3 aromatic rings. The third-order valence-electron chi connectivity index (χ3n) is 3.85. The Balaban J connectivity index is 1.84. The van der Waals surface area contributed by atoms with Crippen LogP contribution in [0.15, 0.2) is 47.1 Å². The lowest BCUT2D eigenvalue weighted by atomic mass is 10.1. The van der Waals surface area contributed by atoms with Crippen LogP contribution in [-0.4, -0.2) is 20.7 Å². The molecular formula is C18H20N4O2. The first kappa shape index (κ1) is 16.0. The highest BCUT2D eigenvalue weighted by Crippen LogP contribution is 2.18. The molecule has 1 N–H and O–H groups in total. The van der Waals surface area contributed by atoms with Crippen LogP contribution in [-0.2, 0) is 6.42 Å². The molecule has 0 unspecified atom stereocenters. The average molecular weight is 324 g/mol. The fourth-order valence-electron chi connectivity index (χ4n) is 2.61. The Bertz CT molecular complexity index is 836. The van der Waals surface area contributed by atoms with E-state index < -0.39 is 0 Å². The highest BCUT2D eigenvalue weighted by molar-refractivity contribution is 5.95. The molecule has 0 aromatic carbocycles. The molecule has 0 spiro atoms. The van der Waals surface area contributed by atoms with Crippen molar-refractivity contribution in [3.8, 4) is 5.82 Å².